The average molecular weight is 292 g/mol. The van der Waals surface area contributed by atoms with Crippen molar-refractivity contribution in [1.29, 1.82) is 0 Å². The van der Waals surface area contributed by atoms with E-state index in [1.54, 1.807) is 0 Å². The second-order valence-electron chi connectivity index (χ2n) is 7.19. The van der Waals surface area contributed by atoms with Gasteiger partial charge in [0.15, 0.2) is 0 Å². The third-order valence-corrected chi connectivity index (χ3v) is 5.97. The van der Waals surface area contributed by atoms with Crippen molar-refractivity contribution < 1.29 is 9.59 Å². The zero-order chi connectivity index (χ0) is 15.1. The lowest BCUT2D eigenvalue weighted by Gasteiger charge is -2.54. The standard InChI is InChI=1S/C17H28N2O2/c1-3-16(4-2)15(21)19(12-13-8-9-13)17(14(20)18-16)10-6-5-7-11-17/h13H,3-12H2,1-2H3,(H,18,20). The molecule has 2 aliphatic carbocycles. The number of nitrogens with one attached hydrogen (secondary N) is 1. The van der Waals surface area contributed by atoms with Crippen LogP contribution in [0.4, 0.5) is 0 Å². The number of hydrogen-bond acceptors (Lipinski definition) is 2. The molecule has 21 heavy (non-hydrogen) atoms. The normalized spacial score (nSPS) is 27.8. The number of amides is 2. The summed E-state index contributed by atoms with van der Waals surface area (Å²) in [6.45, 7) is 4.82. The van der Waals surface area contributed by atoms with E-state index in [0.29, 0.717) is 18.8 Å². The fourth-order valence-electron chi connectivity index (χ4n) is 4.14. The van der Waals surface area contributed by atoms with Crippen LogP contribution < -0.4 is 5.32 Å². The van der Waals surface area contributed by atoms with Gasteiger partial charge in [-0.25, -0.2) is 0 Å². The van der Waals surface area contributed by atoms with Gasteiger partial charge >= 0.3 is 0 Å². The smallest absolute Gasteiger partial charge is 0.249 e. The fourth-order valence-corrected chi connectivity index (χ4v) is 4.14. The number of rotatable bonds is 4. The Kier molecular flexibility index (Phi) is 3.74. The van der Waals surface area contributed by atoms with Gasteiger partial charge in [-0.2, -0.15) is 0 Å². The van der Waals surface area contributed by atoms with E-state index in [1.165, 1.54) is 19.3 Å². The molecule has 0 atom stereocenters. The first-order valence-corrected chi connectivity index (χ1v) is 8.72. The topological polar surface area (TPSA) is 49.4 Å². The Balaban J connectivity index is 1.95. The van der Waals surface area contributed by atoms with Crippen molar-refractivity contribution in [2.75, 3.05) is 6.54 Å². The summed E-state index contributed by atoms with van der Waals surface area (Å²) in [5.41, 5.74) is -1.19. The van der Waals surface area contributed by atoms with E-state index in [1.807, 2.05) is 18.7 Å². The number of carbonyl (C=O) groups is 2. The van der Waals surface area contributed by atoms with Crippen LogP contribution in [0, 0.1) is 5.92 Å². The molecule has 1 heterocycles. The van der Waals surface area contributed by atoms with Crippen molar-refractivity contribution >= 4 is 11.8 Å². The summed E-state index contributed by atoms with van der Waals surface area (Å²) >= 11 is 0. The highest BCUT2D eigenvalue weighted by atomic mass is 16.2. The third kappa shape index (κ3) is 2.27. The van der Waals surface area contributed by atoms with E-state index in [9.17, 15) is 9.59 Å². The quantitative estimate of drug-likeness (QED) is 0.866. The molecule has 4 heteroatoms. The molecular weight excluding hydrogens is 264 g/mol. The molecule has 1 spiro atoms. The molecule has 3 aliphatic rings. The van der Waals surface area contributed by atoms with Crippen LogP contribution in [-0.4, -0.2) is 34.3 Å². The van der Waals surface area contributed by atoms with Crippen molar-refractivity contribution in [2.45, 2.75) is 82.7 Å². The Labute approximate surface area is 127 Å². The van der Waals surface area contributed by atoms with Crippen molar-refractivity contribution in [3.63, 3.8) is 0 Å². The molecule has 0 unspecified atom stereocenters. The molecule has 1 N–H and O–H groups in total. The zero-order valence-corrected chi connectivity index (χ0v) is 13.4. The minimum atomic E-state index is -0.658. The monoisotopic (exact) mass is 292 g/mol. The predicted octanol–water partition coefficient (Wildman–Crippen LogP) is 2.62. The highest BCUT2D eigenvalue weighted by Gasteiger charge is 2.57. The molecule has 0 aromatic carbocycles. The highest BCUT2D eigenvalue weighted by Crippen LogP contribution is 2.42. The molecule has 2 amide bonds. The summed E-state index contributed by atoms with van der Waals surface area (Å²) in [7, 11) is 0. The van der Waals surface area contributed by atoms with Crippen LogP contribution in [0.15, 0.2) is 0 Å². The number of piperazine rings is 1. The summed E-state index contributed by atoms with van der Waals surface area (Å²) in [5.74, 6) is 0.928. The first kappa shape index (κ1) is 14.9. The van der Waals surface area contributed by atoms with Gasteiger partial charge < -0.3 is 10.2 Å². The molecule has 1 aliphatic heterocycles. The van der Waals surface area contributed by atoms with Crippen LogP contribution in [-0.2, 0) is 9.59 Å². The van der Waals surface area contributed by atoms with Gasteiger partial charge in [0.2, 0.25) is 11.8 Å². The lowest BCUT2D eigenvalue weighted by molar-refractivity contribution is -0.166. The van der Waals surface area contributed by atoms with Crippen molar-refractivity contribution in [3.05, 3.63) is 0 Å². The molecule has 3 rings (SSSR count). The Morgan fingerprint density at radius 1 is 1.10 bits per heavy atom. The number of hydrogen-bond donors (Lipinski definition) is 1. The van der Waals surface area contributed by atoms with Crippen LogP contribution in [0.2, 0.25) is 0 Å². The van der Waals surface area contributed by atoms with Gasteiger partial charge in [-0.3, -0.25) is 9.59 Å². The van der Waals surface area contributed by atoms with Crippen LogP contribution in [0.25, 0.3) is 0 Å². The van der Waals surface area contributed by atoms with E-state index in [4.69, 9.17) is 0 Å². The van der Waals surface area contributed by atoms with Crippen molar-refractivity contribution in [1.82, 2.24) is 10.2 Å². The molecule has 118 valence electrons. The van der Waals surface area contributed by atoms with E-state index >= 15 is 0 Å². The van der Waals surface area contributed by atoms with Gasteiger partial charge in [-0.15, -0.1) is 0 Å². The predicted molar refractivity (Wildman–Crippen MR) is 81.7 cm³/mol. The molecule has 1 saturated heterocycles. The van der Waals surface area contributed by atoms with Crippen LogP contribution >= 0.6 is 0 Å². The Hall–Kier alpha value is -1.06. The van der Waals surface area contributed by atoms with Gasteiger partial charge in [0, 0.05) is 6.54 Å². The fraction of sp³-hybridized carbons (Fsp3) is 0.882. The first-order valence-electron chi connectivity index (χ1n) is 8.72. The maximum absolute atomic E-state index is 13.2. The second-order valence-corrected chi connectivity index (χ2v) is 7.19. The van der Waals surface area contributed by atoms with Gasteiger partial charge in [-0.05, 0) is 44.4 Å². The minimum absolute atomic E-state index is 0.117. The Morgan fingerprint density at radius 2 is 1.71 bits per heavy atom. The average Bonchev–Trinajstić information content (AvgIpc) is 3.33. The largest absolute Gasteiger partial charge is 0.340 e. The maximum Gasteiger partial charge on any atom is 0.249 e. The molecule has 0 aromatic rings. The van der Waals surface area contributed by atoms with E-state index in [2.05, 4.69) is 5.32 Å². The molecule has 4 nitrogen and oxygen atoms in total. The van der Waals surface area contributed by atoms with Gasteiger partial charge in [0.25, 0.3) is 0 Å². The second kappa shape index (κ2) is 5.29. The van der Waals surface area contributed by atoms with Crippen LogP contribution in [0.3, 0.4) is 0 Å². The molecule has 0 radical (unpaired) electrons. The summed E-state index contributed by atoms with van der Waals surface area (Å²) in [4.78, 5) is 28.2. The van der Waals surface area contributed by atoms with E-state index in [0.717, 1.165) is 32.2 Å². The maximum atomic E-state index is 13.2. The third-order valence-electron chi connectivity index (χ3n) is 5.97. The molecule has 0 bridgehead atoms. The lowest BCUT2D eigenvalue weighted by atomic mass is 9.74. The Bertz CT molecular complexity index is 432. The minimum Gasteiger partial charge on any atom is -0.340 e. The molecule has 0 aromatic heterocycles. The number of nitrogens with zero attached hydrogens (tertiary/aromatic N) is 1. The summed E-state index contributed by atoms with van der Waals surface area (Å²) in [6.07, 6.45) is 8.81. The van der Waals surface area contributed by atoms with Crippen molar-refractivity contribution in [3.8, 4) is 0 Å². The summed E-state index contributed by atoms with van der Waals surface area (Å²) in [5, 5.41) is 3.13. The Morgan fingerprint density at radius 3 is 2.24 bits per heavy atom. The summed E-state index contributed by atoms with van der Waals surface area (Å²) < 4.78 is 0. The van der Waals surface area contributed by atoms with E-state index < -0.39 is 11.1 Å². The highest BCUT2D eigenvalue weighted by molar-refractivity contribution is 6.02. The number of carbonyl (C=O) groups excluding carboxylic acids is 2. The summed E-state index contributed by atoms with van der Waals surface area (Å²) in [6, 6.07) is 0. The molecular formula is C17H28N2O2. The lowest BCUT2D eigenvalue weighted by Crippen LogP contribution is -2.76. The first-order chi connectivity index (χ1) is 10.1. The van der Waals surface area contributed by atoms with Gasteiger partial charge in [-0.1, -0.05) is 33.1 Å². The van der Waals surface area contributed by atoms with E-state index in [-0.39, 0.29) is 11.8 Å². The van der Waals surface area contributed by atoms with Gasteiger partial charge in [0.1, 0.15) is 11.1 Å². The van der Waals surface area contributed by atoms with Crippen LogP contribution in [0.5, 0.6) is 0 Å². The van der Waals surface area contributed by atoms with Gasteiger partial charge in [0.05, 0.1) is 0 Å². The molecule has 2 saturated carbocycles. The SMILES string of the molecule is CCC1(CC)NC(=O)C2(CCCCC2)N(CC2CC2)C1=O. The molecule has 3 fully saturated rings. The van der Waals surface area contributed by atoms with Crippen LogP contribution in [0.1, 0.15) is 71.6 Å². The zero-order valence-electron chi connectivity index (χ0n) is 13.4. The van der Waals surface area contributed by atoms with Crippen molar-refractivity contribution in [2.24, 2.45) is 5.92 Å².